The van der Waals surface area contributed by atoms with Gasteiger partial charge in [-0.2, -0.15) is 8.78 Å². The number of aryl methyl sites for hydroxylation is 1. The number of nitrogens with one attached hydrogen (secondary N) is 1. The Hall–Kier alpha value is -3.26. The molecule has 0 aliphatic carbocycles. The van der Waals surface area contributed by atoms with Crippen molar-refractivity contribution in [2.45, 2.75) is 20.1 Å². The maximum Gasteiger partial charge on any atom is 0.387 e. The van der Waals surface area contributed by atoms with Crippen molar-refractivity contribution in [2.75, 3.05) is 12.4 Å². The zero-order valence-corrected chi connectivity index (χ0v) is 16.8. The molecule has 0 bridgehead atoms. The van der Waals surface area contributed by atoms with Crippen molar-refractivity contribution < 1.29 is 32.2 Å². The number of carbonyl (C=O) groups excluding carboxylic acids is 1. The van der Waals surface area contributed by atoms with Crippen molar-refractivity contribution in [2.24, 2.45) is 0 Å². The van der Waals surface area contributed by atoms with E-state index < -0.39 is 12.5 Å². The summed E-state index contributed by atoms with van der Waals surface area (Å²) in [5, 5.41) is 3.08. The van der Waals surface area contributed by atoms with Gasteiger partial charge in [0.05, 0.1) is 12.1 Å². The minimum atomic E-state index is -2.99. The fourth-order valence-corrected chi connectivity index (χ4v) is 2.93. The third kappa shape index (κ3) is 5.21. The number of carbonyl (C=O) groups is 1. The highest BCUT2D eigenvalue weighted by atomic mass is 35.5. The second-order valence-electron chi connectivity index (χ2n) is 6.14. The second-order valence-corrected chi connectivity index (χ2v) is 6.55. The Kier molecular flexibility index (Phi) is 6.79. The summed E-state index contributed by atoms with van der Waals surface area (Å²) in [6.45, 7) is -1.03. The number of hydrogen-bond donors (Lipinski definition) is 1. The molecule has 0 atom stereocenters. The van der Waals surface area contributed by atoms with Gasteiger partial charge >= 0.3 is 6.61 Å². The number of rotatable bonds is 8. The zero-order chi connectivity index (χ0) is 21.7. The maximum atomic E-state index is 12.4. The van der Waals surface area contributed by atoms with E-state index >= 15 is 0 Å². The van der Waals surface area contributed by atoms with Crippen LogP contribution >= 0.6 is 11.6 Å². The van der Waals surface area contributed by atoms with E-state index in [1.54, 1.807) is 12.1 Å². The van der Waals surface area contributed by atoms with Crippen molar-refractivity contribution in [3.8, 4) is 17.2 Å². The number of amides is 1. The molecule has 0 aliphatic rings. The summed E-state index contributed by atoms with van der Waals surface area (Å²) < 4.78 is 45.4. The van der Waals surface area contributed by atoms with Gasteiger partial charge in [-0.3, -0.25) is 4.79 Å². The quantitative estimate of drug-likeness (QED) is 0.490. The Morgan fingerprint density at radius 2 is 1.97 bits per heavy atom. The average Bonchev–Trinajstić information content (AvgIpc) is 3.17. The summed E-state index contributed by atoms with van der Waals surface area (Å²) in [5.74, 6) is 0.406. The van der Waals surface area contributed by atoms with Crippen LogP contribution in [0.4, 0.5) is 14.5 Å². The molecule has 2 aromatic carbocycles. The predicted molar refractivity (Wildman–Crippen MR) is 107 cm³/mol. The molecule has 0 saturated carbocycles. The van der Waals surface area contributed by atoms with Crippen LogP contribution in [0.2, 0.25) is 5.02 Å². The molecule has 6 nitrogen and oxygen atoms in total. The van der Waals surface area contributed by atoms with Crippen molar-refractivity contribution in [3.05, 3.63) is 70.6 Å². The van der Waals surface area contributed by atoms with Crippen LogP contribution in [0.15, 0.2) is 52.9 Å². The molecule has 1 amide bonds. The van der Waals surface area contributed by atoms with Crippen molar-refractivity contribution in [1.82, 2.24) is 0 Å². The highest BCUT2D eigenvalue weighted by Crippen LogP contribution is 2.32. The normalized spacial score (nSPS) is 10.7. The lowest BCUT2D eigenvalue weighted by atomic mass is 10.2. The van der Waals surface area contributed by atoms with Gasteiger partial charge in [-0.05, 0) is 42.8 Å². The van der Waals surface area contributed by atoms with E-state index in [0.29, 0.717) is 22.2 Å². The molecule has 3 aromatic rings. The first-order valence-corrected chi connectivity index (χ1v) is 9.16. The minimum Gasteiger partial charge on any atom is -0.493 e. The first-order chi connectivity index (χ1) is 14.4. The average molecular weight is 438 g/mol. The zero-order valence-electron chi connectivity index (χ0n) is 16.1. The van der Waals surface area contributed by atoms with Crippen LogP contribution in [-0.2, 0) is 6.61 Å². The minimum absolute atomic E-state index is 0.0522. The Bertz CT molecular complexity index is 1020. The molecule has 3 rings (SSSR count). The SMILES string of the molecule is COc1cc(NC(=O)c2ccc(COc3c(C)cccc3Cl)o2)ccc1OC(F)F. The molecule has 1 heterocycles. The summed E-state index contributed by atoms with van der Waals surface area (Å²) in [6.07, 6.45) is 0. The molecule has 1 aromatic heterocycles. The lowest BCUT2D eigenvalue weighted by Gasteiger charge is -2.11. The van der Waals surface area contributed by atoms with E-state index in [2.05, 4.69) is 10.1 Å². The fraction of sp³-hybridized carbons (Fsp3) is 0.190. The summed E-state index contributed by atoms with van der Waals surface area (Å²) in [7, 11) is 1.30. The summed E-state index contributed by atoms with van der Waals surface area (Å²) in [4.78, 5) is 12.4. The second kappa shape index (κ2) is 9.49. The topological polar surface area (TPSA) is 69.9 Å². The van der Waals surface area contributed by atoms with E-state index in [9.17, 15) is 13.6 Å². The van der Waals surface area contributed by atoms with Gasteiger partial charge in [0.2, 0.25) is 0 Å². The molecule has 0 radical (unpaired) electrons. The van der Waals surface area contributed by atoms with Crippen LogP contribution in [0.5, 0.6) is 17.2 Å². The van der Waals surface area contributed by atoms with Crippen LogP contribution < -0.4 is 19.5 Å². The molecule has 1 N–H and O–H groups in total. The van der Waals surface area contributed by atoms with Crippen LogP contribution in [-0.4, -0.2) is 19.6 Å². The number of para-hydroxylation sites is 1. The number of anilines is 1. The number of hydrogen-bond acceptors (Lipinski definition) is 5. The number of furan rings is 1. The number of benzene rings is 2. The standard InChI is InChI=1S/C21H18ClF2NO5/c1-12-4-3-5-15(22)19(12)28-11-14-7-9-17(29-14)20(26)25-13-6-8-16(30-21(23)24)18(10-13)27-2/h3-10,21H,11H2,1-2H3,(H,25,26). The van der Waals surface area contributed by atoms with E-state index in [4.69, 9.17) is 25.5 Å². The van der Waals surface area contributed by atoms with Gasteiger partial charge in [0.1, 0.15) is 18.1 Å². The Labute approximate surface area is 176 Å². The molecule has 0 fully saturated rings. The highest BCUT2D eigenvalue weighted by Gasteiger charge is 2.15. The van der Waals surface area contributed by atoms with Gasteiger partial charge in [0.25, 0.3) is 5.91 Å². The third-order valence-electron chi connectivity index (χ3n) is 4.05. The third-order valence-corrected chi connectivity index (χ3v) is 4.34. The van der Waals surface area contributed by atoms with E-state index in [1.165, 1.54) is 31.4 Å². The van der Waals surface area contributed by atoms with Crippen LogP contribution in [0.1, 0.15) is 21.9 Å². The predicted octanol–water partition coefficient (Wildman–Crippen LogP) is 5.68. The van der Waals surface area contributed by atoms with Gasteiger partial charge in [0, 0.05) is 11.8 Å². The molecule has 0 spiro atoms. The van der Waals surface area contributed by atoms with Crippen LogP contribution in [0.3, 0.4) is 0 Å². The molecule has 0 aliphatic heterocycles. The van der Waals surface area contributed by atoms with E-state index in [1.807, 2.05) is 19.1 Å². The lowest BCUT2D eigenvalue weighted by molar-refractivity contribution is -0.0512. The first-order valence-electron chi connectivity index (χ1n) is 8.78. The number of alkyl halides is 2. The van der Waals surface area contributed by atoms with Gasteiger partial charge in [0.15, 0.2) is 17.3 Å². The molecule has 0 saturated heterocycles. The van der Waals surface area contributed by atoms with Gasteiger partial charge < -0.3 is 23.9 Å². The number of halogens is 3. The summed E-state index contributed by atoms with van der Waals surface area (Å²) >= 11 is 6.12. The smallest absolute Gasteiger partial charge is 0.387 e. The molecule has 158 valence electrons. The van der Waals surface area contributed by atoms with Crippen LogP contribution in [0, 0.1) is 6.92 Å². The fourth-order valence-electron chi connectivity index (χ4n) is 2.65. The highest BCUT2D eigenvalue weighted by molar-refractivity contribution is 6.32. The van der Waals surface area contributed by atoms with Gasteiger partial charge in [-0.1, -0.05) is 23.7 Å². The van der Waals surface area contributed by atoms with E-state index in [-0.39, 0.29) is 23.9 Å². The lowest BCUT2D eigenvalue weighted by Crippen LogP contribution is -2.11. The van der Waals surface area contributed by atoms with Crippen molar-refractivity contribution in [3.63, 3.8) is 0 Å². The summed E-state index contributed by atoms with van der Waals surface area (Å²) in [6, 6.07) is 12.6. The Morgan fingerprint density at radius 1 is 1.17 bits per heavy atom. The van der Waals surface area contributed by atoms with Crippen LogP contribution in [0.25, 0.3) is 0 Å². The monoisotopic (exact) mass is 437 g/mol. The molecular formula is C21H18ClF2NO5. The molecule has 30 heavy (non-hydrogen) atoms. The van der Waals surface area contributed by atoms with Crippen molar-refractivity contribution in [1.29, 1.82) is 0 Å². The largest absolute Gasteiger partial charge is 0.493 e. The molecular weight excluding hydrogens is 420 g/mol. The van der Waals surface area contributed by atoms with Crippen molar-refractivity contribution >= 4 is 23.2 Å². The van der Waals surface area contributed by atoms with Gasteiger partial charge in [-0.25, -0.2) is 0 Å². The maximum absolute atomic E-state index is 12.4. The molecule has 0 unspecified atom stereocenters. The first kappa shape index (κ1) is 21.4. The van der Waals surface area contributed by atoms with E-state index in [0.717, 1.165) is 5.56 Å². The molecule has 9 heteroatoms. The Morgan fingerprint density at radius 3 is 2.67 bits per heavy atom. The Balaban J connectivity index is 1.65. The summed E-state index contributed by atoms with van der Waals surface area (Å²) in [5.41, 5.74) is 1.19. The number of ether oxygens (including phenoxy) is 3. The van der Waals surface area contributed by atoms with Gasteiger partial charge in [-0.15, -0.1) is 0 Å². The number of methoxy groups -OCH3 is 1.